The fraction of sp³-hybridized carbons (Fsp3) is 1.00. The third-order valence-electron chi connectivity index (χ3n) is 3.78. The molecule has 0 aromatic rings. The van der Waals surface area contributed by atoms with Gasteiger partial charge in [0.15, 0.2) is 9.84 Å². The fourth-order valence-electron chi connectivity index (χ4n) is 3.03. The molecule has 0 aromatic carbocycles. The van der Waals surface area contributed by atoms with E-state index in [0.717, 1.165) is 6.42 Å². The molecule has 0 heterocycles. The third kappa shape index (κ3) is 4.59. The lowest BCUT2D eigenvalue weighted by molar-refractivity contribution is 0.358. The molecular weight excluding hydrogens is 234 g/mol. The highest BCUT2D eigenvalue weighted by Gasteiger charge is 2.37. The van der Waals surface area contributed by atoms with Crippen LogP contribution in [0.1, 0.15) is 47.5 Å². The predicted octanol–water partition coefficient (Wildman–Crippen LogP) is 2.22. The van der Waals surface area contributed by atoms with E-state index in [1.165, 1.54) is 6.42 Å². The minimum absolute atomic E-state index is 0.0568. The summed E-state index contributed by atoms with van der Waals surface area (Å²) in [5, 5.41) is 3.50. The minimum Gasteiger partial charge on any atom is -0.310 e. The molecule has 0 aliphatic heterocycles. The molecule has 102 valence electrons. The Morgan fingerprint density at radius 2 is 1.94 bits per heavy atom. The zero-order valence-electron chi connectivity index (χ0n) is 11.8. The Morgan fingerprint density at radius 1 is 1.35 bits per heavy atom. The molecule has 3 nitrogen and oxygen atoms in total. The average molecular weight is 261 g/mol. The van der Waals surface area contributed by atoms with Crippen LogP contribution in [0.15, 0.2) is 0 Å². The minimum atomic E-state index is -2.87. The summed E-state index contributed by atoms with van der Waals surface area (Å²) in [5.41, 5.74) is 0.389. The molecule has 0 amide bonds. The van der Waals surface area contributed by atoms with E-state index in [-0.39, 0.29) is 17.5 Å². The normalized spacial score (nSPS) is 30.4. The van der Waals surface area contributed by atoms with Crippen molar-refractivity contribution in [2.45, 2.75) is 59.5 Å². The van der Waals surface area contributed by atoms with Crippen LogP contribution in [0.5, 0.6) is 0 Å². The van der Waals surface area contributed by atoms with E-state index >= 15 is 0 Å². The zero-order chi connectivity index (χ0) is 13.3. The Kier molecular flexibility index (Phi) is 4.64. The molecule has 1 N–H and O–H groups in total. The Bertz CT molecular complexity index is 348. The summed E-state index contributed by atoms with van der Waals surface area (Å²) in [4.78, 5) is 0. The van der Waals surface area contributed by atoms with Crippen LogP contribution in [0, 0.1) is 11.3 Å². The molecule has 0 spiro atoms. The first-order valence-corrected chi connectivity index (χ1v) is 8.44. The standard InChI is InChI=1S/C13H27NO2S/c1-6-17(15,16)9-11(3)14-12-8-13(4,5)7-10(12)2/h10-12,14H,6-9H2,1-5H3/t10-,11+,12-/m1/s1. The molecule has 3 atom stereocenters. The van der Waals surface area contributed by atoms with Crippen molar-refractivity contribution >= 4 is 9.84 Å². The topological polar surface area (TPSA) is 46.2 Å². The van der Waals surface area contributed by atoms with Gasteiger partial charge in [0.1, 0.15) is 0 Å². The Hall–Kier alpha value is -0.0900. The largest absolute Gasteiger partial charge is 0.310 e. The zero-order valence-corrected chi connectivity index (χ0v) is 12.6. The van der Waals surface area contributed by atoms with Gasteiger partial charge in [-0.15, -0.1) is 0 Å². The van der Waals surface area contributed by atoms with Crippen molar-refractivity contribution in [2.24, 2.45) is 11.3 Å². The van der Waals surface area contributed by atoms with E-state index in [1.807, 2.05) is 6.92 Å². The van der Waals surface area contributed by atoms with Crippen LogP contribution in [-0.2, 0) is 9.84 Å². The monoisotopic (exact) mass is 261 g/mol. The molecule has 1 aliphatic rings. The summed E-state index contributed by atoms with van der Waals surface area (Å²) in [7, 11) is -2.87. The maximum absolute atomic E-state index is 11.6. The second-order valence-electron chi connectivity index (χ2n) is 6.42. The summed E-state index contributed by atoms with van der Waals surface area (Å²) in [5.74, 6) is 1.13. The number of sulfone groups is 1. The first-order valence-electron chi connectivity index (χ1n) is 6.62. The van der Waals surface area contributed by atoms with Crippen molar-refractivity contribution in [1.82, 2.24) is 5.32 Å². The molecule has 0 saturated heterocycles. The number of hydrogen-bond donors (Lipinski definition) is 1. The molecule has 0 bridgehead atoms. The Morgan fingerprint density at radius 3 is 2.35 bits per heavy atom. The number of hydrogen-bond acceptors (Lipinski definition) is 3. The van der Waals surface area contributed by atoms with Gasteiger partial charge in [-0.25, -0.2) is 8.42 Å². The summed E-state index contributed by atoms with van der Waals surface area (Å²) in [6, 6.07) is 0.522. The molecule has 1 fully saturated rings. The Balaban J connectivity index is 2.50. The van der Waals surface area contributed by atoms with Gasteiger partial charge >= 0.3 is 0 Å². The van der Waals surface area contributed by atoms with Gasteiger partial charge in [0.2, 0.25) is 0 Å². The summed E-state index contributed by atoms with van der Waals surface area (Å²) >= 11 is 0. The third-order valence-corrected chi connectivity index (χ3v) is 5.66. The van der Waals surface area contributed by atoms with Crippen LogP contribution in [0.3, 0.4) is 0 Å². The van der Waals surface area contributed by atoms with Gasteiger partial charge in [-0.1, -0.05) is 27.7 Å². The quantitative estimate of drug-likeness (QED) is 0.825. The van der Waals surface area contributed by atoms with E-state index in [0.29, 0.717) is 17.4 Å². The van der Waals surface area contributed by atoms with Crippen LogP contribution in [0.2, 0.25) is 0 Å². The lowest BCUT2D eigenvalue weighted by atomic mass is 9.91. The summed E-state index contributed by atoms with van der Waals surface area (Å²) in [6.07, 6.45) is 2.36. The fourth-order valence-corrected chi connectivity index (χ4v) is 4.12. The van der Waals surface area contributed by atoms with Gasteiger partial charge in [0.25, 0.3) is 0 Å². The number of nitrogens with one attached hydrogen (secondary N) is 1. The average Bonchev–Trinajstić information content (AvgIpc) is 2.38. The molecule has 0 aromatic heterocycles. The molecular formula is C13H27NO2S. The second kappa shape index (κ2) is 5.27. The number of rotatable bonds is 5. The van der Waals surface area contributed by atoms with Crippen molar-refractivity contribution < 1.29 is 8.42 Å². The molecule has 1 rings (SSSR count). The van der Waals surface area contributed by atoms with Gasteiger partial charge in [-0.3, -0.25) is 0 Å². The molecule has 4 heteroatoms. The van der Waals surface area contributed by atoms with Gasteiger partial charge < -0.3 is 5.32 Å². The Labute approximate surface area is 106 Å². The van der Waals surface area contributed by atoms with Crippen LogP contribution in [0.4, 0.5) is 0 Å². The highest BCUT2D eigenvalue weighted by molar-refractivity contribution is 7.91. The van der Waals surface area contributed by atoms with Crippen molar-refractivity contribution in [3.05, 3.63) is 0 Å². The van der Waals surface area contributed by atoms with Crippen LogP contribution in [-0.4, -0.2) is 32.0 Å². The van der Waals surface area contributed by atoms with E-state index < -0.39 is 9.84 Å². The van der Waals surface area contributed by atoms with E-state index in [1.54, 1.807) is 6.92 Å². The first-order chi connectivity index (χ1) is 7.65. The maximum Gasteiger partial charge on any atom is 0.151 e. The van der Waals surface area contributed by atoms with Gasteiger partial charge in [0.05, 0.1) is 5.75 Å². The maximum atomic E-state index is 11.6. The smallest absolute Gasteiger partial charge is 0.151 e. The molecule has 17 heavy (non-hydrogen) atoms. The van der Waals surface area contributed by atoms with Gasteiger partial charge in [-0.05, 0) is 31.1 Å². The van der Waals surface area contributed by atoms with Crippen molar-refractivity contribution in [1.29, 1.82) is 0 Å². The van der Waals surface area contributed by atoms with Crippen molar-refractivity contribution in [3.8, 4) is 0 Å². The predicted molar refractivity (Wildman–Crippen MR) is 72.9 cm³/mol. The lowest BCUT2D eigenvalue weighted by Crippen LogP contribution is -2.42. The van der Waals surface area contributed by atoms with E-state index in [4.69, 9.17) is 0 Å². The van der Waals surface area contributed by atoms with Gasteiger partial charge in [0, 0.05) is 17.8 Å². The lowest BCUT2D eigenvalue weighted by Gasteiger charge is -2.23. The second-order valence-corrected chi connectivity index (χ2v) is 8.82. The molecule has 0 unspecified atom stereocenters. The summed E-state index contributed by atoms with van der Waals surface area (Å²) < 4.78 is 23.1. The molecule has 0 radical (unpaired) electrons. The van der Waals surface area contributed by atoms with Crippen molar-refractivity contribution in [2.75, 3.05) is 11.5 Å². The molecule has 1 saturated carbocycles. The highest BCUT2D eigenvalue weighted by atomic mass is 32.2. The first kappa shape index (κ1) is 15.0. The van der Waals surface area contributed by atoms with Crippen LogP contribution < -0.4 is 5.32 Å². The van der Waals surface area contributed by atoms with Crippen LogP contribution in [0.25, 0.3) is 0 Å². The van der Waals surface area contributed by atoms with Crippen molar-refractivity contribution in [3.63, 3.8) is 0 Å². The van der Waals surface area contributed by atoms with E-state index in [9.17, 15) is 8.42 Å². The summed E-state index contributed by atoms with van der Waals surface area (Å²) in [6.45, 7) is 10.5. The van der Waals surface area contributed by atoms with Gasteiger partial charge in [-0.2, -0.15) is 0 Å². The van der Waals surface area contributed by atoms with E-state index in [2.05, 4.69) is 26.1 Å². The highest BCUT2D eigenvalue weighted by Crippen LogP contribution is 2.40. The molecule has 1 aliphatic carbocycles. The van der Waals surface area contributed by atoms with Crippen LogP contribution >= 0.6 is 0 Å². The SMILES string of the molecule is CCS(=O)(=O)C[C@H](C)N[C@@H]1CC(C)(C)C[C@H]1C.